The molecule has 0 radical (unpaired) electrons. The Morgan fingerprint density at radius 3 is 2.04 bits per heavy atom. The minimum absolute atomic E-state index is 0.0787. The molecule has 0 saturated carbocycles. The molecule has 2 N–H and O–H groups in total. The summed E-state index contributed by atoms with van der Waals surface area (Å²) >= 11 is 6.91. The minimum Gasteiger partial charge on any atom is -0.449 e. The van der Waals surface area contributed by atoms with Crippen molar-refractivity contribution in [2.24, 2.45) is 0 Å². The number of halogens is 1. The van der Waals surface area contributed by atoms with E-state index in [2.05, 4.69) is 29.3 Å². The first-order chi connectivity index (χ1) is 26.3. The van der Waals surface area contributed by atoms with Crippen molar-refractivity contribution in [2.45, 2.75) is 43.7 Å². The second-order valence-corrected chi connectivity index (χ2v) is 13.6. The molecule has 54 heavy (non-hydrogen) atoms. The monoisotopic (exact) mass is 742 g/mol. The van der Waals surface area contributed by atoms with Crippen molar-refractivity contribution in [3.8, 4) is 11.1 Å². The number of carbonyl (C=O) groups is 3. The van der Waals surface area contributed by atoms with E-state index in [-0.39, 0.29) is 25.6 Å². The highest BCUT2D eigenvalue weighted by Crippen LogP contribution is 2.45. The summed E-state index contributed by atoms with van der Waals surface area (Å²) in [5.41, 5.74) is 5.86. The van der Waals surface area contributed by atoms with Gasteiger partial charge < -0.3 is 24.8 Å². The molecule has 1 aliphatic rings. The number of rotatable bonds is 15. The second kappa shape index (κ2) is 17.8. The molecule has 1 unspecified atom stereocenters. The van der Waals surface area contributed by atoms with E-state index in [0.29, 0.717) is 41.1 Å². The van der Waals surface area contributed by atoms with Crippen LogP contribution < -0.4 is 10.6 Å². The van der Waals surface area contributed by atoms with Crippen LogP contribution in [0.4, 0.5) is 9.59 Å². The molecule has 0 fully saturated rings. The van der Waals surface area contributed by atoms with E-state index in [0.717, 1.165) is 27.8 Å². The summed E-state index contributed by atoms with van der Waals surface area (Å²) in [6, 6.07) is 39.5. The second-order valence-electron chi connectivity index (χ2n) is 13.1. The Labute approximate surface area is 321 Å². The number of unbranched alkanes of at least 4 members (excludes halogenated alkanes) is 1. The molecular formula is C45H43ClN2O6. The van der Waals surface area contributed by atoms with Gasteiger partial charge in [-0.3, -0.25) is 0 Å². The third-order valence-corrected chi connectivity index (χ3v) is 9.92. The summed E-state index contributed by atoms with van der Waals surface area (Å²) in [5, 5.41) is 5.92. The highest BCUT2D eigenvalue weighted by molar-refractivity contribution is 6.31. The van der Waals surface area contributed by atoms with Crippen molar-refractivity contribution in [3.05, 3.63) is 178 Å². The molecule has 0 saturated heterocycles. The third kappa shape index (κ3) is 8.50. The normalized spacial score (nSPS) is 13.4. The zero-order valence-corrected chi connectivity index (χ0v) is 30.9. The predicted molar refractivity (Wildman–Crippen MR) is 210 cm³/mol. The minimum atomic E-state index is -1.47. The van der Waals surface area contributed by atoms with Crippen LogP contribution in [0.3, 0.4) is 0 Å². The largest absolute Gasteiger partial charge is 0.449 e. The number of esters is 1. The van der Waals surface area contributed by atoms with Gasteiger partial charge in [-0.1, -0.05) is 151 Å². The lowest BCUT2D eigenvalue weighted by Gasteiger charge is -2.37. The Morgan fingerprint density at radius 2 is 1.37 bits per heavy atom. The molecule has 2 amide bonds. The fourth-order valence-corrected chi connectivity index (χ4v) is 7.23. The zero-order valence-electron chi connectivity index (χ0n) is 30.1. The molecule has 9 heteroatoms. The lowest BCUT2D eigenvalue weighted by atomic mass is 9.79. The van der Waals surface area contributed by atoms with Gasteiger partial charge in [0.25, 0.3) is 0 Å². The van der Waals surface area contributed by atoms with Gasteiger partial charge >= 0.3 is 18.2 Å². The van der Waals surface area contributed by atoms with Crippen molar-refractivity contribution in [1.29, 1.82) is 0 Å². The van der Waals surface area contributed by atoms with Crippen LogP contribution in [0.15, 0.2) is 140 Å². The zero-order chi connectivity index (χ0) is 37.9. The number of alkyl carbamates (subject to hydrolysis) is 2. The van der Waals surface area contributed by atoms with Gasteiger partial charge in [-0.15, -0.1) is 0 Å². The van der Waals surface area contributed by atoms with E-state index in [1.807, 2.05) is 116 Å². The van der Waals surface area contributed by atoms with E-state index in [9.17, 15) is 14.4 Å². The molecule has 0 aliphatic heterocycles. The summed E-state index contributed by atoms with van der Waals surface area (Å²) in [6.45, 7) is 6.01. The predicted octanol–water partition coefficient (Wildman–Crippen LogP) is 9.47. The fraction of sp³-hybridized carbons (Fsp3) is 0.222. The number of hydrogen-bond donors (Lipinski definition) is 2. The molecule has 0 aromatic heterocycles. The molecule has 5 aromatic carbocycles. The average molecular weight is 743 g/mol. The number of ether oxygens (including phenoxy) is 3. The van der Waals surface area contributed by atoms with Crippen LogP contribution in [0.2, 0.25) is 5.02 Å². The van der Waals surface area contributed by atoms with Gasteiger partial charge in [0.15, 0.2) is 5.60 Å². The van der Waals surface area contributed by atoms with Crippen molar-refractivity contribution >= 4 is 29.8 Å². The Hall–Kier alpha value is -5.86. The number of carbonyl (C=O) groups excluding carboxylic acids is 3. The van der Waals surface area contributed by atoms with E-state index in [1.165, 1.54) is 6.08 Å². The maximum Gasteiger partial charge on any atom is 0.407 e. The molecule has 0 heterocycles. The Kier molecular flexibility index (Phi) is 12.5. The Bertz CT molecular complexity index is 2040. The molecule has 0 bridgehead atoms. The standard InChI is InChI=1S/C45H43ClN2O6/c1-3-29-52-43(50)47-28-14-13-23-41(48-44(51)53-30-38-36-19-9-7-17-34(36)35-18-8-10-20-37(35)38)42(49)54-45(32-15-5-4-6-16-32,33-26-24-31(2)25-27-33)39-21-11-12-22-40(39)46/h3-12,15-22,24-27,38,41H,1,13-14,23,28-30H2,2H3,(H,47,50)(H,48,51)/t41-,45?/m0/s1. The third-order valence-electron chi connectivity index (χ3n) is 9.59. The summed E-state index contributed by atoms with van der Waals surface area (Å²) in [7, 11) is 0. The van der Waals surface area contributed by atoms with Crippen LogP contribution in [0.25, 0.3) is 11.1 Å². The first kappa shape index (κ1) is 37.9. The molecule has 0 spiro atoms. The number of hydrogen-bond acceptors (Lipinski definition) is 6. The highest BCUT2D eigenvalue weighted by Gasteiger charge is 2.43. The van der Waals surface area contributed by atoms with E-state index < -0.39 is 29.8 Å². The highest BCUT2D eigenvalue weighted by atomic mass is 35.5. The summed E-state index contributed by atoms with van der Waals surface area (Å²) < 4.78 is 17.6. The molecule has 5 aromatic rings. The van der Waals surface area contributed by atoms with Gasteiger partial charge in [0.2, 0.25) is 0 Å². The molecule has 6 rings (SSSR count). The maximum atomic E-state index is 14.6. The summed E-state index contributed by atoms with van der Waals surface area (Å²) in [4.78, 5) is 40.2. The van der Waals surface area contributed by atoms with Crippen LogP contribution in [0.1, 0.15) is 58.6 Å². The SMILES string of the molecule is C=CCOC(=O)NCCCC[C@H](NC(=O)OCC1c2ccccc2-c2ccccc21)C(=O)OC(c1ccccc1)(c1ccc(C)cc1)c1ccccc1Cl. The Morgan fingerprint density at radius 1 is 0.759 bits per heavy atom. The Balaban J connectivity index is 1.27. The number of aryl methyl sites for hydroxylation is 1. The smallest absolute Gasteiger partial charge is 0.407 e. The molecular weight excluding hydrogens is 700 g/mol. The molecule has 1 aliphatic carbocycles. The first-order valence-electron chi connectivity index (χ1n) is 18.1. The molecule has 276 valence electrons. The van der Waals surface area contributed by atoms with Gasteiger partial charge in [0.05, 0.1) is 0 Å². The maximum absolute atomic E-state index is 14.6. The van der Waals surface area contributed by atoms with Gasteiger partial charge in [-0.05, 0) is 54.5 Å². The summed E-state index contributed by atoms with van der Waals surface area (Å²) in [5.74, 6) is -0.834. The number of benzene rings is 5. The van der Waals surface area contributed by atoms with E-state index >= 15 is 0 Å². The van der Waals surface area contributed by atoms with E-state index in [4.69, 9.17) is 25.8 Å². The lowest BCUT2D eigenvalue weighted by Crippen LogP contribution is -2.46. The fourth-order valence-electron chi connectivity index (χ4n) is 6.96. The topological polar surface area (TPSA) is 103 Å². The molecule has 2 atom stereocenters. The van der Waals surface area contributed by atoms with Gasteiger partial charge in [0.1, 0.15) is 19.3 Å². The van der Waals surface area contributed by atoms with Gasteiger partial charge in [-0.25, -0.2) is 14.4 Å². The van der Waals surface area contributed by atoms with Gasteiger partial charge in [0, 0.05) is 34.2 Å². The van der Waals surface area contributed by atoms with Crippen molar-refractivity contribution < 1.29 is 28.6 Å². The van der Waals surface area contributed by atoms with Crippen molar-refractivity contribution in [2.75, 3.05) is 19.8 Å². The number of amides is 2. The van der Waals surface area contributed by atoms with Crippen LogP contribution in [0, 0.1) is 6.92 Å². The number of fused-ring (bicyclic) bond motifs is 3. The van der Waals surface area contributed by atoms with Crippen LogP contribution in [-0.4, -0.2) is 44.0 Å². The van der Waals surface area contributed by atoms with Crippen LogP contribution >= 0.6 is 11.6 Å². The van der Waals surface area contributed by atoms with Crippen LogP contribution in [-0.2, 0) is 24.6 Å². The lowest BCUT2D eigenvalue weighted by molar-refractivity contribution is -0.156. The van der Waals surface area contributed by atoms with Crippen LogP contribution in [0.5, 0.6) is 0 Å². The van der Waals surface area contributed by atoms with Crippen molar-refractivity contribution in [1.82, 2.24) is 10.6 Å². The van der Waals surface area contributed by atoms with Gasteiger partial charge in [-0.2, -0.15) is 0 Å². The average Bonchev–Trinajstić information content (AvgIpc) is 3.52. The molecule has 8 nitrogen and oxygen atoms in total. The first-order valence-corrected chi connectivity index (χ1v) is 18.4. The quantitative estimate of drug-likeness (QED) is 0.0364. The van der Waals surface area contributed by atoms with Crippen molar-refractivity contribution in [3.63, 3.8) is 0 Å². The number of nitrogens with one attached hydrogen (secondary N) is 2. The van der Waals surface area contributed by atoms with E-state index in [1.54, 1.807) is 6.07 Å². The summed E-state index contributed by atoms with van der Waals surface area (Å²) in [6.07, 6.45) is 1.34.